The SMILES string of the molecule is CSCCn1c(=NC(=O)c2ccccc2Cl)sc2cc(S(C)(=O)=O)ccc21. The zero-order chi connectivity index (χ0) is 19.6. The van der Waals surface area contributed by atoms with Crippen LogP contribution in [0.3, 0.4) is 0 Å². The smallest absolute Gasteiger partial charge is 0.281 e. The molecule has 0 aliphatic carbocycles. The molecule has 0 bridgehead atoms. The Hall–Kier alpha value is -1.61. The highest BCUT2D eigenvalue weighted by molar-refractivity contribution is 7.98. The van der Waals surface area contributed by atoms with Gasteiger partial charge in [-0.25, -0.2) is 8.42 Å². The van der Waals surface area contributed by atoms with E-state index in [0.29, 0.717) is 21.9 Å². The molecule has 0 fully saturated rings. The van der Waals surface area contributed by atoms with Gasteiger partial charge >= 0.3 is 0 Å². The highest BCUT2D eigenvalue weighted by Gasteiger charge is 2.14. The number of aromatic nitrogens is 1. The predicted octanol–water partition coefficient (Wildman–Crippen LogP) is 3.86. The molecular weight excluding hydrogens is 424 g/mol. The van der Waals surface area contributed by atoms with Crippen molar-refractivity contribution in [1.82, 2.24) is 4.57 Å². The van der Waals surface area contributed by atoms with E-state index in [1.807, 2.05) is 10.8 Å². The number of fused-ring (bicyclic) bond motifs is 1. The number of nitrogens with zero attached hydrogens (tertiary/aromatic N) is 2. The van der Waals surface area contributed by atoms with Crippen LogP contribution in [0, 0.1) is 0 Å². The summed E-state index contributed by atoms with van der Waals surface area (Å²) in [6, 6.07) is 11.7. The summed E-state index contributed by atoms with van der Waals surface area (Å²) >= 11 is 9.08. The van der Waals surface area contributed by atoms with Gasteiger partial charge in [0.2, 0.25) is 0 Å². The molecule has 1 heterocycles. The van der Waals surface area contributed by atoms with Gasteiger partial charge in [-0.2, -0.15) is 16.8 Å². The monoisotopic (exact) mass is 440 g/mol. The third kappa shape index (κ3) is 4.45. The van der Waals surface area contributed by atoms with Crippen LogP contribution in [0.5, 0.6) is 0 Å². The molecule has 0 unspecified atom stereocenters. The molecule has 0 atom stereocenters. The number of carbonyl (C=O) groups excluding carboxylic acids is 1. The Kier molecular flexibility index (Phi) is 6.10. The molecule has 0 spiro atoms. The average molecular weight is 441 g/mol. The molecule has 142 valence electrons. The van der Waals surface area contributed by atoms with Gasteiger partial charge in [0.05, 0.1) is 25.7 Å². The zero-order valence-corrected chi connectivity index (χ0v) is 17.9. The van der Waals surface area contributed by atoms with Crippen molar-refractivity contribution in [3.8, 4) is 0 Å². The number of halogens is 1. The van der Waals surface area contributed by atoms with Gasteiger partial charge in [-0.05, 0) is 36.6 Å². The van der Waals surface area contributed by atoms with Gasteiger partial charge in [-0.3, -0.25) is 4.79 Å². The van der Waals surface area contributed by atoms with Crippen molar-refractivity contribution >= 4 is 60.7 Å². The Labute approximate surface area is 170 Å². The van der Waals surface area contributed by atoms with E-state index < -0.39 is 15.7 Å². The van der Waals surface area contributed by atoms with Gasteiger partial charge in [0.1, 0.15) is 0 Å². The molecule has 3 aromatic rings. The first-order valence-corrected chi connectivity index (χ1v) is 12.4. The van der Waals surface area contributed by atoms with E-state index in [1.165, 1.54) is 17.6 Å². The van der Waals surface area contributed by atoms with Crippen LogP contribution in [0.1, 0.15) is 10.4 Å². The summed E-state index contributed by atoms with van der Waals surface area (Å²) in [4.78, 5) is 17.6. The van der Waals surface area contributed by atoms with Crippen molar-refractivity contribution in [2.75, 3.05) is 18.3 Å². The number of sulfone groups is 1. The maximum atomic E-state index is 12.6. The second kappa shape index (κ2) is 8.18. The summed E-state index contributed by atoms with van der Waals surface area (Å²) in [6.45, 7) is 0.661. The Morgan fingerprint density at radius 3 is 2.67 bits per heavy atom. The number of carbonyl (C=O) groups is 1. The van der Waals surface area contributed by atoms with Crippen LogP contribution >= 0.6 is 34.7 Å². The van der Waals surface area contributed by atoms with Gasteiger partial charge in [-0.15, -0.1) is 0 Å². The maximum Gasteiger partial charge on any atom is 0.281 e. The number of amides is 1. The van der Waals surface area contributed by atoms with Gasteiger partial charge in [0.15, 0.2) is 14.6 Å². The first kappa shape index (κ1) is 20.1. The highest BCUT2D eigenvalue weighted by atomic mass is 35.5. The fourth-order valence-corrected chi connectivity index (χ4v) is 4.95. The van der Waals surface area contributed by atoms with E-state index in [-0.39, 0.29) is 4.90 Å². The zero-order valence-electron chi connectivity index (χ0n) is 14.7. The number of rotatable bonds is 5. The molecule has 5 nitrogen and oxygen atoms in total. The summed E-state index contributed by atoms with van der Waals surface area (Å²) < 4.78 is 26.4. The van der Waals surface area contributed by atoms with Crippen LogP contribution in [0.2, 0.25) is 5.02 Å². The van der Waals surface area contributed by atoms with Crippen molar-refractivity contribution in [3.63, 3.8) is 0 Å². The molecule has 1 aromatic heterocycles. The lowest BCUT2D eigenvalue weighted by molar-refractivity contribution is 0.0998. The van der Waals surface area contributed by atoms with Crippen molar-refractivity contribution < 1.29 is 13.2 Å². The standard InChI is InChI=1S/C18H17ClN2O3S3/c1-25-10-9-21-15-8-7-12(27(2,23)24)11-16(15)26-18(21)20-17(22)13-5-3-4-6-14(13)19/h3-8,11H,9-10H2,1-2H3. The predicted molar refractivity (Wildman–Crippen MR) is 113 cm³/mol. The van der Waals surface area contributed by atoms with Gasteiger partial charge in [0.25, 0.3) is 5.91 Å². The lowest BCUT2D eigenvalue weighted by Gasteiger charge is -2.04. The molecule has 9 heteroatoms. The van der Waals surface area contributed by atoms with E-state index in [4.69, 9.17) is 11.6 Å². The maximum absolute atomic E-state index is 12.6. The summed E-state index contributed by atoms with van der Waals surface area (Å²) in [5, 5.41) is 0.349. The molecule has 0 radical (unpaired) electrons. The van der Waals surface area contributed by atoms with E-state index in [0.717, 1.165) is 16.0 Å². The van der Waals surface area contributed by atoms with Crippen LogP contribution in [-0.4, -0.2) is 37.2 Å². The first-order valence-electron chi connectivity index (χ1n) is 7.97. The summed E-state index contributed by atoms with van der Waals surface area (Å²) in [7, 11) is -3.31. The molecule has 3 rings (SSSR count). The van der Waals surface area contributed by atoms with Crippen molar-refractivity contribution in [2.24, 2.45) is 4.99 Å². The molecule has 2 aromatic carbocycles. The Morgan fingerprint density at radius 1 is 1.26 bits per heavy atom. The molecule has 1 amide bonds. The minimum atomic E-state index is -3.31. The highest BCUT2D eigenvalue weighted by Crippen LogP contribution is 2.23. The Bertz CT molecular complexity index is 1180. The summed E-state index contributed by atoms with van der Waals surface area (Å²) in [5.74, 6) is 0.418. The van der Waals surface area contributed by atoms with Crippen molar-refractivity contribution in [1.29, 1.82) is 0 Å². The van der Waals surface area contributed by atoms with Crippen LogP contribution < -0.4 is 4.80 Å². The lowest BCUT2D eigenvalue weighted by atomic mass is 10.2. The van der Waals surface area contributed by atoms with Crippen LogP contribution in [-0.2, 0) is 16.4 Å². The van der Waals surface area contributed by atoms with Gasteiger partial charge < -0.3 is 4.57 Å². The Balaban J connectivity index is 2.18. The number of hydrogen-bond acceptors (Lipinski definition) is 5. The normalized spacial score (nSPS) is 12.6. The van der Waals surface area contributed by atoms with Crippen molar-refractivity contribution in [2.45, 2.75) is 11.4 Å². The average Bonchev–Trinajstić information content (AvgIpc) is 2.95. The van der Waals surface area contributed by atoms with Crippen LogP contribution in [0.25, 0.3) is 10.2 Å². The summed E-state index contributed by atoms with van der Waals surface area (Å²) in [5.41, 5.74) is 1.19. The number of benzene rings is 2. The van der Waals surface area contributed by atoms with E-state index in [9.17, 15) is 13.2 Å². The largest absolute Gasteiger partial charge is 0.316 e. The fraction of sp³-hybridized carbons (Fsp3) is 0.222. The number of hydrogen-bond donors (Lipinski definition) is 0. The Morgan fingerprint density at radius 2 is 2.00 bits per heavy atom. The summed E-state index contributed by atoms with van der Waals surface area (Å²) in [6.07, 6.45) is 3.18. The van der Waals surface area contributed by atoms with Crippen LogP contribution in [0.15, 0.2) is 52.4 Å². The van der Waals surface area contributed by atoms with Crippen LogP contribution in [0.4, 0.5) is 0 Å². The molecule has 0 aliphatic rings. The number of thioether (sulfide) groups is 1. The quantitative estimate of drug-likeness (QED) is 0.604. The second-order valence-corrected chi connectivity index (χ2v) is 10.2. The minimum Gasteiger partial charge on any atom is -0.316 e. The first-order chi connectivity index (χ1) is 12.8. The minimum absolute atomic E-state index is 0.247. The second-order valence-electron chi connectivity index (χ2n) is 5.83. The molecule has 27 heavy (non-hydrogen) atoms. The van der Waals surface area contributed by atoms with Gasteiger partial charge in [-0.1, -0.05) is 35.1 Å². The third-order valence-corrected chi connectivity index (χ3v) is 6.97. The molecule has 0 N–H and O–H groups in total. The topological polar surface area (TPSA) is 68.5 Å². The van der Waals surface area contributed by atoms with E-state index in [1.54, 1.807) is 54.2 Å². The lowest BCUT2D eigenvalue weighted by Crippen LogP contribution is -2.18. The molecule has 0 aliphatic heterocycles. The van der Waals surface area contributed by atoms with Crippen molar-refractivity contribution in [3.05, 3.63) is 57.9 Å². The molecule has 0 saturated heterocycles. The van der Waals surface area contributed by atoms with E-state index >= 15 is 0 Å². The molecule has 0 saturated carbocycles. The number of aryl methyl sites for hydroxylation is 1. The number of thiazole rings is 1. The fourth-order valence-electron chi connectivity index (χ4n) is 2.55. The third-order valence-electron chi connectivity index (χ3n) is 3.90. The molecular formula is C18H17ClN2O3S3. The van der Waals surface area contributed by atoms with E-state index in [2.05, 4.69) is 4.99 Å². The van der Waals surface area contributed by atoms with Gasteiger partial charge in [0, 0.05) is 18.6 Å².